The first-order valence-corrected chi connectivity index (χ1v) is 5.20. The van der Waals surface area contributed by atoms with E-state index in [-0.39, 0.29) is 0 Å². The minimum absolute atomic E-state index is 0.836. The molecule has 1 rings (SSSR count). The van der Waals surface area contributed by atoms with E-state index in [1.165, 1.54) is 23.7 Å². The van der Waals surface area contributed by atoms with Gasteiger partial charge in [0.2, 0.25) is 0 Å². The third-order valence-corrected chi connectivity index (χ3v) is 4.50. The van der Waals surface area contributed by atoms with E-state index >= 15 is 0 Å². The molecule has 1 fully saturated rings. The summed E-state index contributed by atoms with van der Waals surface area (Å²) in [5.74, 6) is 5.52. The van der Waals surface area contributed by atoms with Crippen LogP contribution < -0.4 is 0 Å². The van der Waals surface area contributed by atoms with E-state index in [1.54, 1.807) is 0 Å². The van der Waals surface area contributed by atoms with Gasteiger partial charge in [-0.1, -0.05) is 6.92 Å². The lowest BCUT2D eigenvalue weighted by atomic mass is 10.2. The van der Waals surface area contributed by atoms with Crippen molar-refractivity contribution in [3.05, 3.63) is 0 Å². The first-order valence-electron chi connectivity index (χ1n) is 3.47. The van der Waals surface area contributed by atoms with Gasteiger partial charge in [0.15, 0.2) is 0 Å². The summed E-state index contributed by atoms with van der Waals surface area (Å²) in [6.07, 6.45) is 1.50. The van der Waals surface area contributed by atoms with Crippen molar-refractivity contribution in [3.8, 4) is 0 Å². The molecular formula is C7H15S+. The zero-order valence-corrected chi connectivity index (χ0v) is 6.63. The normalized spacial score (nSPS) is 38.2. The molecule has 48 valence electrons. The first kappa shape index (κ1) is 6.47. The van der Waals surface area contributed by atoms with E-state index in [9.17, 15) is 0 Å². The molecular weight excluding hydrogens is 116 g/mol. The summed E-state index contributed by atoms with van der Waals surface area (Å²) < 4.78 is 0. The van der Waals surface area contributed by atoms with E-state index < -0.39 is 0 Å². The van der Waals surface area contributed by atoms with Gasteiger partial charge in [0, 0.05) is 5.92 Å². The van der Waals surface area contributed by atoms with Gasteiger partial charge >= 0.3 is 0 Å². The molecule has 0 radical (unpaired) electrons. The summed E-state index contributed by atoms with van der Waals surface area (Å²) in [5, 5.41) is 0. The Bertz CT molecular complexity index is 70.8. The highest BCUT2D eigenvalue weighted by molar-refractivity contribution is 7.97. The third kappa shape index (κ3) is 1.41. The molecule has 0 amide bonds. The van der Waals surface area contributed by atoms with Crippen molar-refractivity contribution in [2.75, 3.05) is 17.3 Å². The molecule has 0 nitrogen and oxygen atoms in total. The van der Waals surface area contributed by atoms with Crippen LogP contribution in [0, 0.1) is 5.92 Å². The second-order valence-electron chi connectivity index (χ2n) is 2.67. The van der Waals surface area contributed by atoms with Crippen molar-refractivity contribution >= 4 is 10.9 Å². The van der Waals surface area contributed by atoms with E-state index in [0.29, 0.717) is 0 Å². The SMILES string of the molecule is CC[S+]1CCC(C)C1. The maximum Gasteiger partial charge on any atom is 0.110 e. The van der Waals surface area contributed by atoms with Gasteiger partial charge in [-0.3, -0.25) is 0 Å². The van der Waals surface area contributed by atoms with Crippen LogP contribution in [0.5, 0.6) is 0 Å². The highest BCUT2D eigenvalue weighted by atomic mass is 32.2. The molecule has 0 saturated carbocycles. The molecule has 0 spiro atoms. The second kappa shape index (κ2) is 2.77. The lowest BCUT2D eigenvalue weighted by Crippen LogP contribution is -2.06. The molecule has 0 bridgehead atoms. The quantitative estimate of drug-likeness (QED) is 0.475. The van der Waals surface area contributed by atoms with Gasteiger partial charge in [-0.05, 0) is 24.2 Å². The van der Waals surface area contributed by atoms with Crippen LogP contribution in [0.3, 0.4) is 0 Å². The molecule has 8 heavy (non-hydrogen) atoms. The van der Waals surface area contributed by atoms with Crippen molar-refractivity contribution in [2.24, 2.45) is 5.92 Å². The van der Waals surface area contributed by atoms with E-state index in [0.717, 1.165) is 16.8 Å². The molecule has 0 aromatic rings. The third-order valence-electron chi connectivity index (χ3n) is 1.83. The summed E-state index contributed by atoms with van der Waals surface area (Å²) in [6, 6.07) is 0. The second-order valence-corrected chi connectivity index (χ2v) is 5.21. The molecule has 1 saturated heterocycles. The van der Waals surface area contributed by atoms with Crippen LogP contribution >= 0.6 is 0 Å². The Morgan fingerprint density at radius 2 is 2.38 bits per heavy atom. The van der Waals surface area contributed by atoms with Gasteiger partial charge in [0.05, 0.1) is 0 Å². The van der Waals surface area contributed by atoms with E-state index in [4.69, 9.17) is 0 Å². The zero-order valence-electron chi connectivity index (χ0n) is 5.81. The minimum Gasteiger partial charge on any atom is -0.0578 e. The highest BCUT2D eigenvalue weighted by Gasteiger charge is 2.27. The van der Waals surface area contributed by atoms with Gasteiger partial charge in [0.1, 0.15) is 17.3 Å². The van der Waals surface area contributed by atoms with Crippen molar-refractivity contribution in [1.29, 1.82) is 0 Å². The summed E-state index contributed by atoms with van der Waals surface area (Å²) in [6.45, 7) is 4.70. The van der Waals surface area contributed by atoms with Crippen LogP contribution in [0.4, 0.5) is 0 Å². The van der Waals surface area contributed by atoms with Crippen LogP contribution in [-0.2, 0) is 10.9 Å². The van der Waals surface area contributed by atoms with E-state index in [2.05, 4.69) is 13.8 Å². The average molecular weight is 131 g/mol. The highest BCUT2D eigenvalue weighted by Crippen LogP contribution is 2.18. The van der Waals surface area contributed by atoms with Crippen molar-refractivity contribution < 1.29 is 0 Å². The number of rotatable bonds is 1. The van der Waals surface area contributed by atoms with Gasteiger partial charge in [0.25, 0.3) is 0 Å². The zero-order chi connectivity index (χ0) is 5.98. The predicted octanol–water partition coefficient (Wildman–Crippen LogP) is 1.66. The van der Waals surface area contributed by atoms with Crippen molar-refractivity contribution in [3.63, 3.8) is 0 Å². The number of hydrogen-bond donors (Lipinski definition) is 0. The summed E-state index contributed by atoms with van der Waals surface area (Å²) in [5.41, 5.74) is 0. The number of hydrogen-bond acceptors (Lipinski definition) is 0. The van der Waals surface area contributed by atoms with E-state index in [1.807, 2.05) is 0 Å². The van der Waals surface area contributed by atoms with Crippen LogP contribution in [-0.4, -0.2) is 17.3 Å². The van der Waals surface area contributed by atoms with Gasteiger partial charge < -0.3 is 0 Å². The van der Waals surface area contributed by atoms with Crippen molar-refractivity contribution in [2.45, 2.75) is 20.3 Å². The Balaban J connectivity index is 2.22. The first-order chi connectivity index (χ1) is 3.83. The fourth-order valence-corrected chi connectivity index (χ4v) is 3.60. The molecule has 1 heterocycles. The predicted molar refractivity (Wildman–Crippen MR) is 41.4 cm³/mol. The van der Waals surface area contributed by atoms with Crippen molar-refractivity contribution in [1.82, 2.24) is 0 Å². The summed E-state index contributed by atoms with van der Waals surface area (Å²) >= 11 is 0. The average Bonchev–Trinajstić information content (AvgIpc) is 2.14. The Hall–Kier alpha value is 0.350. The molecule has 1 aliphatic rings. The molecule has 1 aliphatic heterocycles. The molecule has 1 heteroatoms. The topological polar surface area (TPSA) is 0 Å². The standard InChI is InChI=1S/C7H15S/c1-3-8-5-4-7(2)6-8/h7H,3-6H2,1-2H3/q+1. The Morgan fingerprint density at radius 1 is 1.62 bits per heavy atom. The fourth-order valence-electron chi connectivity index (χ4n) is 1.20. The maximum absolute atomic E-state index is 2.38. The molecule has 0 N–H and O–H groups in total. The minimum atomic E-state index is 0.836. The lowest BCUT2D eigenvalue weighted by Gasteiger charge is -1.93. The fraction of sp³-hybridized carbons (Fsp3) is 1.00. The smallest absolute Gasteiger partial charge is 0.0578 e. The van der Waals surface area contributed by atoms with Crippen LogP contribution in [0.15, 0.2) is 0 Å². The van der Waals surface area contributed by atoms with Gasteiger partial charge in [-0.25, -0.2) is 0 Å². The molecule has 0 aromatic carbocycles. The summed E-state index contributed by atoms with van der Waals surface area (Å²) in [4.78, 5) is 0. The van der Waals surface area contributed by atoms with Crippen LogP contribution in [0.2, 0.25) is 0 Å². The Kier molecular flexibility index (Phi) is 2.24. The molecule has 0 aliphatic carbocycles. The Morgan fingerprint density at radius 3 is 2.62 bits per heavy atom. The lowest BCUT2D eigenvalue weighted by molar-refractivity contribution is 0.669. The van der Waals surface area contributed by atoms with Crippen LogP contribution in [0.25, 0.3) is 0 Å². The van der Waals surface area contributed by atoms with Crippen LogP contribution in [0.1, 0.15) is 20.3 Å². The monoisotopic (exact) mass is 131 g/mol. The van der Waals surface area contributed by atoms with Gasteiger partial charge in [-0.15, -0.1) is 0 Å². The molecule has 2 atom stereocenters. The molecule has 0 aromatic heterocycles. The maximum atomic E-state index is 2.38. The van der Waals surface area contributed by atoms with Gasteiger partial charge in [-0.2, -0.15) is 0 Å². The largest absolute Gasteiger partial charge is 0.110 e. The molecule has 2 unspecified atom stereocenters. The summed E-state index contributed by atoms with van der Waals surface area (Å²) in [7, 11) is 0.836. The Labute approximate surface area is 55.0 Å².